The van der Waals surface area contributed by atoms with E-state index < -0.39 is 0 Å². The second kappa shape index (κ2) is 7.16. The molecule has 0 heterocycles. The van der Waals surface area contributed by atoms with E-state index in [-0.39, 0.29) is 0 Å². The van der Waals surface area contributed by atoms with Crippen LogP contribution in [0.4, 0.5) is 11.4 Å². The molecule has 0 fully saturated rings. The summed E-state index contributed by atoms with van der Waals surface area (Å²) in [5.41, 5.74) is 5.81. The molecule has 0 atom stereocenters. The molecule has 2 heteroatoms. The van der Waals surface area contributed by atoms with Crippen LogP contribution in [0.2, 0.25) is 0 Å². The van der Waals surface area contributed by atoms with Crippen LogP contribution in [0.1, 0.15) is 49.3 Å². The third-order valence-corrected chi connectivity index (χ3v) is 4.00. The van der Waals surface area contributed by atoms with E-state index in [9.17, 15) is 0 Å². The Balaban J connectivity index is 2.24. The summed E-state index contributed by atoms with van der Waals surface area (Å²) >= 11 is 0. The average molecular weight is 280 g/mol. The van der Waals surface area contributed by atoms with Crippen LogP contribution in [-0.2, 0) is 0 Å². The number of hydrogen-bond donors (Lipinski definition) is 0. The Morgan fingerprint density at radius 2 is 1.38 bits per heavy atom. The fourth-order valence-corrected chi connectivity index (χ4v) is 2.59. The van der Waals surface area contributed by atoms with Gasteiger partial charge in [-0.2, -0.15) is 10.2 Å². The smallest absolute Gasteiger partial charge is 0.0860 e. The Hall–Kier alpha value is -1.96. The molecule has 110 valence electrons. The summed E-state index contributed by atoms with van der Waals surface area (Å²) in [6, 6.07) is 14.5. The SMILES string of the molecule is CCC(CC)c1cc(N=Nc2ccc(C)cc2)ccc1C. The number of aryl methyl sites for hydroxylation is 2. The summed E-state index contributed by atoms with van der Waals surface area (Å²) in [6.45, 7) is 8.74. The number of rotatable bonds is 5. The Kier molecular flexibility index (Phi) is 5.26. The summed E-state index contributed by atoms with van der Waals surface area (Å²) in [5, 5.41) is 8.71. The highest BCUT2D eigenvalue weighted by Gasteiger charge is 2.10. The molecule has 0 N–H and O–H groups in total. The van der Waals surface area contributed by atoms with Crippen LogP contribution >= 0.6 is 0 Å². The number of benzene rings is 2. The van der Waals surface area contributed by atoms with Gasteiger partial charge in [-0.25, -0.2) is 0 Å². The van der Waals surface area contributed by atoms with Crippen molar-refractivity contribution in [1.29, 1.82) is 0 Å². The summed E-state index contributed by atoms with van der Waals surface area (Å²) in [4.78, 5) is 0. The van der Waals surface area contributed by atoms with Gasteiger partial charge in [0.05, 0.1) is 11.4 Å². The van der Waals surface area contributed by atoms with Gasteiger partial charge in [0.25, 0.3) is 0 Å². The molecule has 0 bridgehead atoms. The highest BCUT2D eigenvalue weighted by atomic mass is 15.1. The van der Waals surface area contributed by atoms with Crippen molar-refractivity contribution in [2.75, 3.05) is 0 Å². The van der Waals surface area contributed by atoms with Gasteiger partial charge >= 0.3 is 0 Å². The summed E-state index contributed by atoms with van der Waals surface area (Å²) in [6.07, 6.45) is 2.33. The molecule has 2 nitrogen and oxygen atoms in total. The minimum atomic E-state index is 0.611. The van der Waals surface area contributed by atoms with Gasteiger partial charge in [0.1, 0.15) is 0 Å². The Morgan fingerprint density at radius 1 is 0.810 bits per heavy atom. The van der Waals surface area contributed by atoms with Gasteiger partial charge in [-0.3, -0.25) is 0 Å². The lowest BCUT2D eigenvalue weighted by Gasteiger charge is -2.15. The molecule has 0 aliphatic rings. The Bertz CT molecular complexity index is 608. The van der Waals surface area contributed by atoms with Crippen molar-refractivity contribution in [3.63, 3.8) is 0 Å². The molecule has 2 aromatic rings. The number of hydrogen-bond acceptors (Lipinski definition) is 2. The predicted octanol–water partition coefficient (Wildman–Crippen LogP) is 6.62. The fraction of sp³-hybridized carbons (Fsp3) is 0.368. The molecule has 0 saturated carbocycles. The van der Waals surface area contributed by atoms with E-state index in [0.29, 0.717) is 5.92 Å². The van der Waals surface area contributed by atoms with Gasteiger partial charge in [-0.1, -0.05) is 37.6 Å². The minimum absolute atomic E-state index is 0.611. The summed E-state index contributed by atoms with van der Waals surface area (Å²) < 4.78 is 0. The van der Waals surface area contributed by atoms with Crippen molar-refractivity contribution >= 4 is 11.4 Å². The Morgan fingerprint density at radius 3 is 2.00 bits per heavy atom. The van der Waals surface area contributed by atoms with Crippen LogP contribution in [0.5, 0.6) is 0 Å². The molecule has 0 unspecified atom stereocenters. The molecule has 0 amide bonds. The Labute approximate surface area is 127 Å². The first-order chi connectivity index (χ1) is 10.1. The maximum atomic E-state index is 4.38. The van der Waals surface area contributed by atoms with Gasteiger partial charge in [-0.15, -0.1) is 0 Å². The lowest BCUT2D eigenvalue weighted by Crippen LogP contribution is -1.97. The van der Waals surface area contributed by atoms with Gasteiger partial charge in [-0.05, 0) is 68.0 Å². The zero-order valence-corrected chi connectivity index (χ0v) is 13.4. The first kappa shape index (κ1) is 15.4. The molecule has 0 aliphatic carbocycles. The molecule has 0 saturated heterocycles. The van der Waals surface area contributed by atoms with Gasteiger partial charge < -0.3 is 0 Å². The molecular weight excluding hydrogens is 256 g/mol. The highest BCUT2D eigenvalue weighted by molar-refractivity contribution is 5.46. The molecule has 0 spiro atoms. The molecule has 21 heavy (non-hydrogen) atoms. The van der Waals surface area contributed by atoms with Gasteiger partial charge in [0, 0.05) is 0 Å². The third-order valence-electron chi connectivity index (χ3n) is 4.00. The van der Waals surface area contributed by atoms with Crippen LogP contribution in [0, 0.1) is 13.8 Å². The zero-order valence-electron chi connectivity index (χ0n) is 13.4. The second-order valence-electron chi connectivity index (χ2n) is 5.59. The predicted molar refractivity (Wildman–Crippen MR) is 89.9 cm³/mol. The molecular formula is C19H24N2. The normalized spacial score (nSPS) is 11.5. The highest BCUT2D eigenvalue weighted by Crippen LogP contribution is 2.30. The first-order valence-corrected chi connectivity index (χ1v) is 7.73. The van der Waals surface area contributed by atoms with Gasteiger partial charge in [0.15, 0.2) is 0 Å². The summed E-state index contributed by atoms with van der Waals surface area (Å²) in [7, 11) is 0. The quantitative estimate of drug-likeness (QED) is 0.550. The monoisotopic (exact) mass is 280 g/mol. The number of nitrogens with zero attached hydrogens (tertiary/aromatic N) is 2. The molecule has 0 aromatic heterocycles. The van der Waals surface area contributed by atoms with E-state index in [0.717, 1.165) is 24.2 Å². The van der Waals surface area contributed by atoms with E-state index in [1.165, 1.54) is 16.7 Å². The molecule has 2 aromatic carbocycles. The topological polar surface area (TPSA) is 24.7 Å². The average Bonchev–Trinajstić information content (AvgIpc) is 2.50. The molecule has 0 radical (unpaired) electrons. The fourth-order valence-electron chi connectivity index (χ4n) is 2.59. The third kappa shape index (κ3) is 4.01. The van der Waals surface area contributed by atoms with Crippen LogP contribution in [-0.4, -0.2) is 0 Å². The maximum Gasteiger partial charge on any atom is 0.0860 e. The second-order valence-corrected chi connectivity index (χ2v) is 5.59. The minimum Gasteiger partial charge on any atom is -0.151 e. The van der Waals surface area contributed by atoms with Gasteiger partial charge in [0.2, 0.25) is 0 Å². The zero-order chi connectivity index (χ0) is 15.2. The number of azo groups is 1. The molecule has 0 aliphatic heterocycles. The maximum absolute atomic E-state index is 4.38. The van der Waals surface area contributed by atoms with E-state index >= 15 is 0 Å². The first-order valence-electron chi connectivity index (χ1n) is 7.73. The van der Waals surface area contributed by atoms with Crippen molar-refractivity contribution in [2.45, 2.75) is 46.5 Å². The van der Waals surface area contributed by atoms with Crippen molar-refractivity contribution in [3.05, 3.63) is 59.2 Å². The van der Waals surface area contributed by atoms with Crippen molar-refractivity contribution < 1.29 is 0 Å². The lowest BCUT2D eigenvalue weighted by molar-refractivity contribution is 0.638. The van der Waals surface area contributed by atoms with Crippen LogP contribution in [0.25, 0.3) is 0 Å². The van der Waals surface area contributed by atoms with Crippen molar-refractivity contribution in [2.24, 2.45) is 10.2 Å². The van der Waals surface area contributed by atoms with Crippen molar-refractivity contribution in [1.82, 2.24) is 0 Å². The van der Waals surface area contributed by atoms with Crippen molar-refractivity contribution in [3.8, 4) is 0 Å². The van der Waals surface area contributed by atoms with E-state index in [4.69, 9.17) is 0 Å². The van der Waals surface area contributed by atoms with E-state index in [2.05, 4.69) is 62.2 Å². The molecule has 2 rings (SSSR count). The van der Waals surface area contributed by atoms with E-state index in [1.807, 2.05) is 18.2 Å². The van der Waals surface area contributed by atoms with Crippen LogP contribution in [0.15, 0.2) is 52.7 Å². The standard InChI is InChI=1S/C19H24N2/c1-5-16(6-2)19-13-18(12-9-15(19)4)21-20-17-10-7-14(3)8-11-17/h7-13,16H,5-6H2,1-4H3. The van der Waals surface area contributed by atoms with E-state index in [1.54, 1.807) is 0 Å². The van der Waals surface area contributed by atoms with Crippen LogP contribution in [0.3, 0.4) is 0 Å². The van der Waals surface area contributed by atoms with Crippen LogP contribution < -0.4 is 0 Å². The lowest BCUT2D eigenvalue weighted by atomic mass is 9.90. The largest absolute Gasteiger partial charge is 0.151 e. The summed E-state index contributed by atoms with van der Waals surface area (Å²) in [5.74, 6) is 0.611.